The molecule has 2 saturated carbocycles. The van der Waals surface area contributed by atoms with E-state index >= 15 is 0 Å². The second kappa shape index (κ2) is 7.69. The van der Waals surface area contributed by atoms with Crippen LogP contribution in [0.25, 0.3) is 0 Å². The van der Waals surface area contributed by atoms with Crippen molar-refractivity contribution in [3.8, 4) is 0 Å². The molecule has 4 nitrogen and oxygen atoms in total. The Balaban J connectivity index is 1.42. The van der Waals surface area contributed by atoms with Crippen LogP contribution in [-0.4, -0.2) is 23.4 Å². The third kappa shape index (κ3) is 4.95. The van der Waals surface area contributed by atoms with Crippen molar-refractivity contribution in [2.45, 2.75) is 50.9 Å². The number of furan rings is 1. The summed E-state index contributed by atoms with van der Waals surface area (Å²) in [6.07, 6.45) is -1.54. The SMILES string of the molecule is CC1CC1c1ccc(CN(CC(=O)Nc2ccc(Cl)cc2C(F)(F)F)C2CC2)o1. The van der Waals surface area contributed by atoms with Gasteiger partial charge < -0.3 is 9.73 Å². The van der Waals surface area contributed by atoms with Crippen LogP contribution in [0.4, 0.5) is 18.9 Å². The Morgan fingerprint density at radius 2 is 2.00 bits per heavy atom. The molecular formula is C21H22ClF3N2O2. The van der Waals surface area contributed by atoms with Crippen LogP contribution in [0.3, 0.4) is 0 Å². The van der Waals surface area contributed by atoms with Gasteiger partial charge in [-0.15, -0.1) is 0 Å². The fraction of sp³-hybridized carbons (Fsp3) is 0.476. The van der Waals surface area contributed by atoms with Crippen LogP contribution in [0.5, 0.6) is 0 Å². The predicted octanol–water partition coefficient (Wildman–Crippen LogP) is 5.68. The summed E-state index contributed by atoms with van der Waals surface area (Å²) >= 11 is 5.69. The lowest BCUT2D eigenvalue weighted by Crippen LogP contribution is -2.34. The molecule has 1 amide bonds. The zero-order valence-corrected chi connectivity index (χ0v) is 16.7. The molecule has 2 aromatic rings. The number of anilines is 1. The van der Waals surface area contributed by atoms with Gasteiger partial charge in [0.1, 0.15) is 11.5 Å². The van der Waals surface area contributed by atoms with Gasteiger partial charge in [0, 0.05) is 17.0 Å². The lowest BCUT2D eigenvalue weighted by molar-refractivity contribution is -0.137. The highest BCUT2D eigenvalue weighted by atomic mass is 35.5. The molecule has 2 aliphatic carbocycles. The van der Waals surface area contributed by atoms with Crippen LogP contribution in [-0.2, 0) is 17.5 Å². The van der Waals surface area contributed by atoms with E-state index in [-0.39, 0.29) is 23.3 Å². The van der Waals surface area contributed by atoms with E-state index < -0.39 is 17.6 Å². The number of nitrogens with one attached hydrogen (secondary N) is 1. The summed E-state index contributed by atoms with van der Waals surface area (Å²) < 4.78 is 45.6. The third-order valence-corrected chi connectivity index (χ3v) is 5.72. The van der Waals surface area contributed by atoms with E-state index in [0.717, 1.165) is 36.8 Å². The number of carbonyl (C=O) groups is 1. The van der Waals surface area contributed by atoms with Crippen molar-refractivity contribution in [3.63, 3.8) is 0 Å². The summed E-state index contributed by atoms with van der Waals surface area (Å²) in [7, 11) is 0. The zero-order chi connectivity index (χ0) is 20.8. The van der Waals surface area contributed by atoms with Gasteiger partial charge in [-0.25, -0.2) is 0 Å². The van der Waals surface area contributed by atoms with E-state index in [1.165, 1.54) is 12.1 Å². The number of amides is 1. The summed E-state index contributed by atoms with van der Waals surface area (Å²) in [5.74, 6) is 2.38. The summed E-state index contributed by atoms with van der Waals surface area (Å²) in [6.45, 7) is 2.64. The Bertz CT molecular complexity index is 908. The number of carbonyl (C=O) groups excluding carboxylic acids is 1. The van der Waals surface area contributed by atoms with Gasteiger partial charge in [0.05, 0.1) is 24.3 Å². The summed E-state index contributed by atoms with van der Waals surface area (Å²) in [5, 5.41) is 2.36. The maximum Gasteiger partial charge on any atom is 0.418 e. The minimum absolute atomic E-state index is 0.000451. The molecule has 0 aliphatic heterocycles. The Labute approximate surface area is 172 Å². The molecule has 0 bridgehead atoms. The molecule has 1 aromatic carbocycles. The van der Waals surface area contributed by atoms with Crippen LogP contribution < -0.4 is 5.32 Å². The van der Waals surface area contributed by atoms with Crippen LogP contribution in [0.1, 0.15) is 49.2 Å². The molecule has 1 heterocycles. The van der Waals surface area contributed by atoms with Crippen LogP contribution in [0, 0.1) is 5.92 Å². The number of hydrogen-bond donors (Lipinski definition) is 1. The van der Waals surface area contributed by atoms with Gasteiger partial charge in [0.15, 0.2) is 0 Å². The van der Waals surface area contributed by atoms with Gasteiger partial charge in [-0.05, 0) is 55.5 Å². The van der Waals surface area contributed by atoms with E-state index in [4.69, 9.17) is 16.0 Å². The molecule has 2 aliphatic rings. The van der Waals surface area contributed by atoms with Crippen LogP contribution >= 0.6 is 11.6 Å². The van der Waals surface area contributed by atoms with Gasteiger partial charge >= 0.3 is 6.18 Å². The molecule has 2 unspecified atom stereocenters. The number of hydrogen-bond acceptors (Lipinski definition) is 3. The Morgan fingerprint density at radius 1 is 1.28 bits per heavy atom. The first-order valence-corrected chi connectivity index (χ1v) is 10.1. The standard InChI is InChI=1S/C21H22ClF3N2O2/c1-12-8-16(12)19-7-5-15(29-19)10-27(14-3-4-14)11-20(28)26-18-6-2-13(22)9-17(18)21(23,24)25/h2,5-7,9,12,14,16H,3-4,8,10-11H2,1H3,(H,26,28). The largest absolute Gasteiger partial charge is 0.464 e. The van der Waals surface area contributed by atoms with Crippen molar-refractivity contribution in [2.24, 2.45) is 5.92 Å². The smallest absolute Gasteiger partial charge is 0.418 e. The van der Waals surface area contributed by atoms with Crippen LogP contribution in [0.15, 0.2) is 34.7 Å². The number of rotatable bonds is 7. The maximum atomic E-state index is 13.2. The van der Waals surface area contributed by atoms with Crippen molar-refractivity contribution in [1.82, 2.24) is 4.90 Å². The third-order valence-electron chi connectivity index (χ3n) is 5.49. The van der Waals surface area contributed by atoms with Gasteiger partial charge in [0.25, 0.3) is 0 Å². The molecule has 2 atom stereocenters. The summed E-state index contributed by atoms with van der Waals surface area (Å²) in [4.78, 5) is 14.4. The average Bonchev–Trinajstić information content (AvgIpc) is 3.55. The molecular weight excluding hydrogens is 405 g/mol. The highest BCUT2D eigenvalue weighted by Gasteiger charge is 2.37. The van der Waals surface area contributed by atoms with E-state index in [9.17, 15) is 18.0 Å². The van der Waals surface area contributed by atoms with Gasteiger partial charge in [-0.2, -0.15) is 13.2 Å². The van der Waals surface area contributed by atoms with Gasteiger partial charge in [-0.3, -0.25) is 9.69 Å². The first-order chi connectivity index (χ1) is 13.7. The van der Waals surface area contributed by atoms with Crippen molar-refractivity contribution in [3.05, 3.63) is 52.4 Å². The second-order valence-corrected chi connectivity index (χ2v) is 8.43. The Hall–Kier alpha value is -1.99. The number of alkyl halides is 3. The Morgan fingerprint density at radius 3 is 2.62 bits per heavy atom. The first kappa shape index (κ1) is 20.3. The summed E-state index contributed by atoms with van der Waals surface area (Å²) in [6, 6.07) is 7.49. The van der Waals surface area contributed by atoms with Crippen molar-refractivity contribution < 1.29 is 22.4 Å². The molecule has 8 heteroatoms. The van der Waals surface area contributed by atoms with E-state index in [0.29, 0.717) is 18.4 Å². The average molecular weight is 427 g/mol. The quantitative estimate of drug-likeness (QED) is 0.619. The normalized spacial score (nSPS) is 21.4. The number of benzene rings is 1. The highest BCUT2D eigenvalue weighted by molar-refractivity contribution is 6.30. The van der Waals surface area contributed by atoms with E-state index in [1.54, 1.807) is 0 Å². The van der Waals surface area contributed by atoms with Gasteiger partial charge in [-0.1, -0.05) is 18.5 Å². The zero-order valence-electron chi connectivity index (χ0n) is 15.9. The topological polar surface area (TPSA) is 45.5 Å². The monoisotopic (exact) mass is 426 g/mol. The number of halogens is 4. The molecule has 2 fully saturated rings. The fourth-order valence-corrected chi connectivity index (χ4v) is 3.76. The Kier molecular flexibility index (Phi) is 5.38. The molecule has 0 radical (unpaired) electrons. The molecule has 29 heavy (non-hydrogen) atoms. The fourth-order valence-electron chi connectivity index (χ4n) is 3.59. The molecule has 4 rings (SSSR count). The summed E-state index contributed by atoms with van der Waals surface area (Å²) in [5.41, 5.74) is -1.24. The van der Waals surface area contributed by atoms with Crippen molar-refractivity contribution in [1.29, 1.82) is 0 Å². The molecule has 0 saturated heterocycles. The minimum atomic E-state index is -4.60. The number of nitrogens with zero attached hydrogens (tertiary/aromatic N) is 1. The van der Waals surface area contributed by atoms with Crippen molar-refractivity contribution in [2.75, 3.05) is 11.9 Å². The molecule has 1 aromatic heterocycles. The van der Waals surface area contributed by atoms with E-state index in [1.807, 2.05) is 17.0 Å². The lowest BCUT2D eigenvalue weighted by atomic mass is 10.1. The van der Waals surface area contributed by atoms with E-state index in [2.05, 4.69) is 12.2 Å². The van der Waals surface area contributed by atoms with Crippen LogP contribution in [0.2, 0.25) is 5.02 Å². The lowest BCUT2D eigenvalue weighted by Gasteiger charge is -2.21. The molecule has 0 spiro atoms. The highest BCUT2D eigenvalue weighted by Crippen LogP contribution is 2.47. The molecule has 156 valence electrons. The van der Waals surface area contributed by atoms with Crippen molar-refractivity contribution >= 4 is 23.2 Å². The predicted molar refractivity (Wildman–Crippen MR) is 104 cm³/mol. The molecule has 1 N–H and O–H groups in total. The second-order valence-electron chi connectivity index (χ2n) is 8.00. The minimum Gasteiger partial charge on any atom is -0.464 e. The first-order valence-electron chi connectivity index (χ1n) is 9.70. The maximum absolute atomic E-state index is 13.2. The van der Waals surface area contributed by atoms with Gasteiger partial charge in [0.2, 0.25) is 5.91 Å².